The zero-order chi connectivity index (χ0) is 26.1. The third-order valence-electron chi connectivity index (χ3n) is 7.26. The fraction of sp³-hybridized carbons (Fsp3) is 0.276. The molecule has 2 fully saturated rings. The van der Waals surface area contributed by atoms with Gasteiger partial charge in [0, 0.05) is 47.0 Å². The minimum absolute atomic E-state index is 0.0846. The van der Waals surface area contributed by atoms with E-state index < -0.39 is 0 Å². The van der Waals surface area contributed by atoms with Gasteiger partial charge in [-0.1, -0.05) is 5.18 Å². The fourth-order valence-corrected chi connectivity index (χ4v) is 4.85. The van der Waals surface area contributed by atoms with Crippen LogP contribution in [0.15, 0.2) is 78.1 Å². The number of carbonyl (C=O) groups is 2. The number of benzene rings is 3. The fourth-order valence-electron chi connectivity index (χ4n) is 4.85. The first-order valence-electron chi connectivity index (χ1n) is 13.0. The van der Waals surface area contributed by atoms with E-state index in [2.05, 4.69) is 25.8 Å². The van der Waals surface area contributed by atoms with E-state index in [1.54, 1.807) is 6.20 Å². The van der Waals surface area contributed by atoms with Crippen molar-refractivity contribution in [2.45, 2.75) is 31.7 Å². The number of aromatic nitrogens is 2. The van der Waals surface area contributed by atoms with Gasteiger partial charge < -0.3 is 15.5 Å². The molecule has 3 aromatic carbocycles. The minimum Gasteiger partial charge on any atom is -0.371 e. The molecule has 4 aromatic rings. The second-order valence-corrected chi connectivity index (χ2v) is 9.96. The summed E-state index contributed by atoms with van der Waals surface area (Å²) >= 11 is 0. The molecule has 1 aromatic heterocycles. The number of rotatable bonds is 7. The number of carbonyl (C=O) groups excluding carboxylic acids is 2. The van der Waals surface area contributed by atoms with Crippen LogP contribution in [0.25, 0.3) is 16.6 Å². The summed E-state index contributed by atoms with van der Waals surface area (Å²) in [6.45, 7) is 1.58. The van der Waals surface area contributed by atoms with Gasteiger partial charge in [0.2, 0.25) is 5.91 Å². The molecule has 9 heteroatoms. The van der Waals surface area contributed by atoms with E-state index in [1.165, 1.54) is 0 Å². The van der Waals surface area contributed by atoms with Gasteiger partial charge >= 0.3 is 0 Å². The second-order valence-electron chi connectivity index (χ2n) is 9.96. The van der Waals surface area contributed by atoms with Crippen LogP contribution >= 0.6 is 0 Å². The molecule has 1 saturated carbocycles. The Hall–Kier alpha value is -4.53. The maximum atomic E-state index is 12.9. The lowest BCUT2D eigenvalue weighted by Crippen LogP contribution is -2.35. The molecule has 1 aliphatic carbocycles. The highest BCUT2D eigenvalue weighted by Crippen LogP contribution is 2.30. The third kappa shape index (κ3) is 5.00. The average molecular weight is 509 g/mol. The van der Waals surface area contributed by atoms with Crippen LogP contribution in [0, 0.1) is 10.8 Å². The molecule has 2 amide bonds. The van der Waals surface area contributed by atoms with E-state index in [-0.39, 0.29) is 23.8 Å². The van der Waals surface area contributed by atoms with Crippen molar-refractivity contribution in [1.29, 1.82) is 0 Å². The van der Waals surface area contributed by atoms with Gasteiger partial charge in [-0.05, 0) is 92.4 Å². The molecule has 0 atom stereocenters. The van der Waals surface area contributed by atoms with E-state index in [4.69, 9.17) is 0 Å². The molecule has 192 valence electrons. The number of nitroso groups, excluding NO2 is 1. The van der Waals surface area contributed by atoms with Gasteiger partial charge in [-0.3, -0.25) is 9.59 Å². The predicted molar refractivity (Wildman–Crippen MR) is 148 cm³/mol. The first-order chi connectivity index (χ1) is 18.6. The molecule has 2 aliphatic rings. The average Bonchev–Trinajstić information content (AvgIpc) is 3.73. The summed E-state index contributed by atoms with van der Waals surface area (Å²) in [4.78, 5) is 37.8. The Kier molecular flexibility index (Phi) is 6.33. The van der Waals surface area contributed by atoms with Crippen LogP contribution in [-0.2, 0) is 4.79 Å². The Morgan fingerprint density at radius 3 is 2.18 bits per heavy atom. The molecule has 2 heterocycles. The maximum absolute atomic E-state index is 12.9. The Bertz CT molecular complexity index is 1480. The summed E-state index contributed by atoms with van der Waals surface area (Å²) in [5.41, 5.74) is 4.87. The lowest BCUT2D eigenvalue weighted by Gasteiger charge is -2.30. The topological polar surface area (TPSA) is 109 Å². The van der Waals surface area contributed by atoms with Crippen molar-refractivity contribution in [1.82, 2.24) is 9.78 Å². The number of nitrogens with zero attached hydrogens (tertiary/aromatic N) is 4. The smallest absolute Gasteiger partial charge is 0.255 e. The second kappa shape index (κ2) is 10.1. The van der Waals surface area contributed by atoms with Crippen molar-refractivity contribution in [3.63, 3.8) is 0 Å². The summed E-state index contributed by atoms with van der Waals surface area (Å²) in [6.07, 6.45) is 5.23. The Morgan fingerprint density at radius 1 is 0.816 bits per heavy atom. The van der Waals surface area contributed by atoms with Gasteiger partial charge in [0.25, 0.3) is 5.91 Å². The van der Waals surface area contributed by atoms with Crippen LogP contribution in [0.2, 0.25) is 0 Å². The summed E-state index contributed by atoms with van der Waals surface area (Å²) in [5.74, 6) is 0.0621. The standard InChI is InChI=1S/C29H28N6O3/c36-28(19-1-2-19)31-22-5-10-26(11-6-22)35-27-12-7-24(17-21(27)18-30-35)32-29(37)20-3-8-25(9-4-20)34-15-13-23(33-38)14-16-34/h3-12,17-19,23H,1-2,13-16H2,(H,31,36)(H,32,37). The SMILES string of the molecule is O=NC1CCN(c2ccc(C(=O)Nc3ccc4c(cnn4-c4ccc(NC(=O)C5CC5)cc4)c3)cc2)CC1. The largest absolute Gasteiger partial charge is 0.371 e. The molecule has 0 unspecified atom stereocenters. The summed E-state index contributed by atoms with van der Waals surface area (Å²) in [7, 11) is 0. The highest BCUT2D eigenvalue weighted by molar-refractivity contribution is 6.05. The minimum atomic E-state index is -0.184. The van der Waals surface area contributed by atoms with Crippen LogP contribution in [0.3, 0.4) is 0 Å². The number of hydrogen-bond acceptors (Lipinski definition) is 6. The third-order valence-corrected chi connectivity index (χ3v) is 7.26. The van der Waals surface area contributed by atoms with Gasteiger partial charge in [-0.25, -0.2) is 4.68 Å². The molecule has 9 nitrogen and oxygen atoms in total. The number of hydrogen-bond donors (Lipinski definition) is 2. The Labute approximate surface area is 219 Å². The van der Waals surface area contributed by atoms with Gasteiger partial charge in [0.15, 0.2) is 0 Å². The first kappa shape index (κ1) is 23.8. The molecular formula is C29H28N6O3. The Morgan fingerprint density at radius 2 is 1.50 bits per heavy atom. The van der Waals surface area contributed by atoms with Gasteiger partial charge in [-0.15, -0.1) is 0 Å². The summed E-state index contributed by atoms with van der Waals surface area (Å²) in [6, 6.07) is 20.8. The van der Waals surface area contributed by atoms with Crippen molar-refractivity contribution < 1.29 is 9.59 Å². The van der Waals surface area contributed by atoms with E-state index >= 15 is 0 Å². The number of anilines is 3. The molecule has 2 N–H and O–H groups in total. The van der Waals surface area contributed by atoms with Gasteiger partial charge in [0.05, 0.1) is 23.4 Å². The lowest BCUT2D eigenvalue weighted by atomic mass is 10.0. The van der Waals surface area contributed by atoms with Crippen molar-refractivity contribution in [3.8, 4) is 5.69 Å². The maximum Gasteiger partial charge on any atom is 0.255 e. The van der Waals surface area contributed by atoms with Crippen molar-refractivity contribution in [3.05, 3.63) is 83.4 Å². The molecule has 0 spiro atoms. The van der Waals surface area contributed by atoms with E-state index in [9.17, 15) is 14.5 Å². The van der Waals surface area contributed by atoms with Crippen LogP contribution in [0.5, 0.6) is 0 Å². The lowest BCUT2D eigenvalue weighted by molar-refractivity contribution is -0.117. The Balaban J connectivity index is 1.11. The number of amides is 2. The molecular weight excluding hydrogens is 480 g/mol. The van der Waals surface area contributed by atoms with Crippen molar-refractivity contribution in [2.24, 2.45) is 11.1 Å². The quantitative estimate of drug-likeness (QED) is 0.327. The van der Waals surface area contributed by atoms with E-state index in [1.807, 2.05) is 71.4 Å². The zero-order valence-corrected chi connectivity index (χ0v) is 20.8. The molecule has 38 heavy (non-hydrogen) atoms. The molecule has 1 aliphatic heterocycles. The van der Waals surface area contributed by atoms with Crippen LogP contribution < -0.4 is 15.5 Å². The van der Waals surface area contributed by atoms with Gasteiger partial charge in [0.1, 0.15) is 0 Å². The van der Waals surface area contributed by atoms with Crippen LogP contribution in [-0.4, -0.2) is 40.7 Å². The van der Waals surface area contributed by atoms with Crippen LogP contribution in [0.4, 0.5) is 17.1 Å². The molecule has 6 rings (SSSR count). The highest BCUT2D eigenvalue weighted by atomic mass is 16.3. The molecule has 1 saturated heterocycles. The van der Waals surface area contributed by atoms with Crippen molar-refractivity contribution >= 4 is 39.8 Å². The normalized spacial score (nSPS) is 15.8. The molecule has 0 radical (unpaired) electrons. The predicted octanol–water partition coefficient (Wildman–Crippen LogP) is 5.36. The monoisotopic (exact) mass is 508 g/mol. The van der Waals surface area contributed by atoms with Crippen molar-refractivity contribution in [2.75, 3.05) is 28.6 Å². The van der Waals surface area contributed by atoms with Gasteiger partial charge in [-0.2, -0.15) is 10.0 Å². The molecule has 0 bridgehead atoms. The number of piperidine rings is 1. The van der Waals surface area contributed by atoms with E-state index in [0.29, 0.717) is 11.3 Å². The number of nitrogens with one attached hydrogen (secondary N) is 2. The zero-order valence-electron chi connectivity index (χ0n) is 20.8. The summed E-state index contributed by atoms with van der Waals surface area (Å²) < 4.78 is 1.83. The van der Waals surface area contributed by atoms with Crippen LogP contribution in [0.1, 0.15) is 36.0 Å². The summed E-state index contributed by atoms with van der Waals surface area (Å²) in [5, 5.41) is 14.5. The van der Waals surface area contributed by atoms with E-state index in [0.717, 1.165) is 66.7 Å². The number of fused-ring (bicyclic) bond motifs is 1. The first-order valence-corrected chi connectivity index (χ1v) is 13.0. The highest BCUT2D eigenvalue weighted by Gasteiger charge is 2.29.